The number of hydroxylamine groups is 1. The predicted octanol–water partition coefficient (Wildman–Crippen LogP) is 1.79. The average Bonchev–Trinajstić information content (AvgIpc) is 3.21. The Morgan fingerprint density at radius 3 is 2.67 bits per heavy atom. The van der Waals surface area contributed by atoms with E-state index in [0.29, 0.717) is 23.4 Å². The molecule has 15 heteroatoms. The molecule has 2 N–H and O–H groups in total. The number of alkyl halides is 3. The van der Waals surface area contributed by atoms with Gasteiger partial charge in [-0.05, 0) is 54.9 Å². The number of hydrogen-bond donors (Lipinski definition) is 1. The van der Waals surface area contributed by atoms with Gasteiger partial charge in [-0.15, -0.1) is 0 Å². The maximum atomic E-state index is 13.8. The number of hydrogen-bond acceptors (Lipinski definition) is 9. The summed E-state index contributed by atoms with van der Waals surface area (Å²) in [6, 6.07) is 4.05. The largest absolute Gasteiger partial charge is 0.492 e. The lowest BCUT2D eigenvalue weighted by Crippen LogP contribution is -2.69. The monoisotopic (exact) mass is 525 g/mol. The predicted molar refractivity (Wildman–Crippen MR) is 119 cm³/mol. The van der Waals surface area contributed by atoms with Crippen molar-refractivity contribution in [2.24, 2.45) is 5.92 Å². The van der Waals surface area contributed by atoms with Crippen LogP contribution in [0.4, 0.5) is 19.0 Å². The fraction of sp³-hybridized carbons (Fsp3) is 0.429. The van der Waals surface area contributed by atoms with E-state index >= 15 is 0 Å². The number of anilines is 1. The number of carbonyl (C=O) groups excluding carboxylic acids is 1. The molecule has 1 saturated carbocycles. The molecule has 3 fully saturated rings. The van der Waals surface area contributed by atoms with Crippen LogP contribution in [0.25, 0.3) is 16.9 Å². The number of rotatable bonds is 5. The van der Waals surface area contributed by atoms with E-state index in [1.807, 2.05) is 4.90 Å². The number of imidazole rings is 1. The quantitative estimate of drug-likeness (QED) is 0.495. The van der Waals surface area contributed by atoms with Crippen molar-refractivity contribution in [3.63, 3.8) is 0 Å². The van der Waals surface area contributed by atoms with Crippen LogP contribution >= 0.6 is 0 Å². The molecular weight excluding hydrogens is 503 g/mol. The fourth-order valence-corrected chi connectivity index (χ4v) is 6.75. The van der Waals surface area contributed by atoms with Gasteiger partial charge < -0.3 is 15.5 Å². The zero-order valence-corrected chi connectivity index (χ0v) is 20.0. The van der Waals surface area contributed by atoms with Crippen LogP contribution in [0, 0.1) is 12.8 Å². The van der Waals surface area contributed by atoms with Gasteiger partial charge >= 0.3 is 12.1 Å². The smallest absolute Gasteiger partial charge is 0.381 e. The highest BCUT2D eigenvalue weighted by atomic mass is 32.2. The molecule has 3 aliphatic rings. The van der Waals surface area contributed by atoms with Crippen molar-refractivity contribution >= 4 is 27.5 Å². The summed E-state index contributed by atoms with van der Waals surface area (Å²) < 4.78 is 68.6. The number of nitrogens with zero attached hydrogens (tertiary/aromatic N) is 6. The molecule has 0 atom stereocenters. The van der Waals surface area contributed by atoms with Crippen molar-refractivity contribution < 1.29 is 31.2 Å². The summed E-state index contributed by atoms with van der Waals surface area (Å²) in [7, 11) is -2.98. The van der Waals surface area contributed by atoms with Crippen LogP contribution in [0.5, 0.6) is 0 Å². The normalized spacial score (nSPS) is 22.6. The van der Waals surface area contributed by atoms with Crippen LogP contribution in [0.1, 0.15) is 18.4 Å². The number of nitrogen functional groups attached to an aromatic ring is 1. The van der Waals surface area contributed by atoms with Gasteiger partial charge in [0, 0.05) is 18.7 Å². The molecular formula is C21H22F3N7O4S. The molecule has 0 spiro atoms. The first-order chi connectivity index (χ1) is 16.8. The van der Waals surface area contributed by atoms with Gasteiger partial charge in [0.05, 0.1) is 22.3 Å². The van der Waals surface area contributed by atoms with Gasteiger partial charge in [0.15, 0.2) is 11.5 Å². The Kier molecular flexibility index (Phi) is 5.50. The molecule has 0 amide bonds. The van der Waals surface area contributed by atoms with E-state index in [9.17, 15) is 26.4 Å². The number of benzene rings is 1. The van der Waals surface area contributed by atoms with Crippen molar-refractivity contribution in [3.8, 4) is 11.3 Å². The Labute approximate surface area is 203 Å². The maximum Gasteiger partial charge on any atom is 0.492 e. The minimum atomic E-state index is -5.37. The Hall–Kier alpha value is -3.30. The third-order valence-electron chi connectivity index (χ3n) is 6.59. The van der Waals surface area contributed by atoms with Crippen molar-refractivity contribution in [1.29, 1.82) is 0 Å². The van der Waals surface area contributed by atoms with E-state index in [1.54, 1.807) is 14.0 Å². The van der Waals surface area contributed by atoms with Gasteiger partial charge in [0.1, 0.15) is 6.33 Å². The molecule has 4 heterocycles. The summed E-state index contributed by atoms with van der Waals surface area (Å²) in [5.41, 5.74) is 6.23. The SMILES string of the molecule is Cc1ccc(S(=O)(=O)N(OC(=O)C(F)(F)F)C23CC(CN(C)C2)C3)cc1-c1cnc2c(N)ncnn12. The lowest BCUT2D eigenvalue weighted by Gasteiger charge is -2.57. The molecule has 2 aromatic heterocycles. The van der Waals surface area contributed by atoms with Crippen LogP contribution in [0.2, 0.25) is 0 Å². The van der Waals surface area contributed by atoms with Crippen LogP contribution in [-0.4, -0.2) is 75.2 Å². The summed E-state index contributed by atoms with van der Waals surface area (Å²) in [6.07, 6.45) is -2.16. The van der Waals surface area contributed by atoms with Gasteiger partial charge in [-0.25, -0.2) is 27.7 Å². The number of piperidine rings is 2. The van der Waals surface area contributed by atoms with Gasteiger partial charge in [0.2, 0.25) is 0 Å². The second-order valence-electron chi connectivity index (χ2n) is 9.30. The molecule has 0 radical (unpaired) electrons. The molecule has 192 valence electrons. The van der Waals surface area contributed by atoms with Crippen LogP contribution in [0.3, 0.4) is 0 Å². The highest BCUT2D eigenvalue weighted by Crippen LogP contribution is 2.49. The van der Waals surface area contributed by atoms with Gasteiger partial charge in [-0.3, -0.25) is 0 Å². The van der Waals surface area contributed by atoms with Crippen molar-refractivity contribution in [2.45, 2.75) is 36.4 Å². The molecule has 0 unspecified atom stereocenters. The Balaban J connectivity index is 1.61. The minimum absolute atomic E-state index is 0.0860. The number of carbonyl (C=O) groups is 1. The first-order valence-electron chi connectivity index (χ1n) is 10.9. The van der Waals surface area contributed by atoms with E-state index in [2.05, 4.69) is 19.9 Å². The molecule has 2 bridgehead atoms. The molecule has 2 saturated heterocycles. The molecule has 1 aromatic carbocycles. The second kappa shape index (κ2) is 8.11. The Morgan fingerprint density at radius 1 is 1.28 bits per heavy atom. The third-order valence-corrected chi connectivity index (χ3v) is 8.34. The number of aromatic nitrogens is 4. The van der Waals surface area contributed by atoms with Gasteiger partial charge in [-0.1, -0.05) is 6.07 Å². The summed E-state index contributed by atoms with van der Waals surface area (Å²) in [5, 5.41) is 4.12. The lowest BCUT2D eigenvalue weighted by atomic mass is 9.65. The molecule has 1 aliphatic carbocycles. The fourth-order valence-electron chi connectivity index (χ4n) is 5.17. The Bertz CT molecular complexity index is 1470. The second-order valence-corrected chi connectivity index (χ2v) is 11.1. The van der Waals surface area contributed by atoms with Crippen LogP contribution in [-0.2, 0) is 19.7 Å². The van der Waals surface area contributed by atoms with E-state index < -0.39 is 27.7 Å². The van der Waals surface area contributed by atoms with Crippen molar-refractivity contribution in [2.75, 3.05) is 25.9 Å². The van der Waals surface area contributed by atoms with Gasteiger partial charge in [0.25, 0.3) is 10.0 Å². The first kappa shape index (κ1) is 24.4. The van der Waals surface area contributed by atoms with E-state index in [4.69, 9.17) is 5.73 Å². The third kappa shape index (κ3) is 3.87. The number of aryl methyl sites for hydroxylation is 1. The number of likely N-dealkylation sites (N-methyl/N-ethyl adjacent to an activating group) is 1. The zero-order chi connectivity index (χ0) is 26.0. The Morgan fingerprint density at radius 2 is 2.00 bits per heavy atom. The highest BCUT2D eigenvalue weighted by Gasteiger charge is 2.60. The van der Waals surface area contributed by atoms with E-state index in [0.717, 1.165) is 0 Å². The summed E-state index contributed by atoms with van der Waals surface area (Å²) in [6.45, 7) is 2.52. The number of nitrogens with two attached hydrogens (primary N) is 1. The van der Waals surface area contributed by atoms with E-state index in [-0.39, 0.29) is 46.1 Å². The van der Waals surface area contributed by atoms with Crippen molar-refractivity contribution in [3.05, 3.63) is 36.3 Å². The number of sulfonamides is 1. The van der Waals surface area contributed by atoms with E-state index in [1.165, 1.54) is 35.2 Å². The molecule has 36 heavy (non-hydrogen) atoms. The maximum absolute atomic E-state index is 13.8. The van der Waals surface area contributed by atoms with Crippen LogP contribution in [0.15, 0.2) is 35.6 Å². The highest BCUT2D eigenvalue weighted by molar-refractivity contribution is 7.89. The first-order valence-corrected chi connectivity index (χ1v) is 12.3. The topological polar surface area (TPSA) is 136 Å². The van der Waals surface area contributed by atoms with Crippen LogP contribution < -0.4 is 5.73 Å². The zero-order valence-electron chi connectivity index (χ0n) is 19.2. The summed E-state index contributed by atoms with van der Waals surface area (Å²) >= 11 is 0. The standard InChI is InChI=1S/C21H22F3N7O4S/c1-12-3-4-14(5-15(12)16-8-26-18-17(25)27-11-28-30(16)18)36(33,34)31(35-19(32)21(22,23)24)20-6-13(7-20)9-29(2)10-20/h3-5,8,11,13H,6-7,9-10H2,1-2H3,(H2,25,27,28). The molecule has 2 aliphatic heterocycles. The lowest BCUT2D eigenvalue weighted by molar-refractivity contribution is -0.251. The van der Waals surface area contributed by atoms with Gasteiger partial charge in [-0.2, -0.15) is 18.3 Å². The average molecular weight is 526 g/mol. The number of fused-ring (bicyclic) bond motifs is 3. The number of halogens is 3. The molecule has 11 nitrogen and oxygen atoms in total. The summed E-state index contributed by atoms with van der Waals surface area (Å²) in [4.78, 5) is 25.9. The molecule has 3 aromatic rings. The minimum Gasteiger partial charge on any atom is -0.381 e. The molecule has 6 rings (SSSR count). The summed E-state index contributed by atoms with van der Waals surface area (Å²) in [5.74, 6) is -2.40. The van der Waals surface area contributed by atoms with Crippen molar-refractivity contribution in [1.82, 2.24) is 29.0 Å².